The van der Waals surface area contributed by atoms with Crippen LogP contribution in [0.4, 0.5) is 0 Å². The summed E-state index contributed by atoms with van der Waals surface area (Å²) in [7, 11) is 1.53. The summed E-state index contributed by atoms with van der Waals surface area (Å²) in [5.74, 6) is 4.01. The predicted octanol–water partition coefficient (Wildman–Crippen LogP) is 2.89. The van der Waals surface area contributed by atoms with Gasteiger partial charge in [0.25, 0.3) is 5.91 Å². The maximum atomic E-state index is 12.4. The molecule has 4 aliphatic rings. The Morgan fingerprint density at radius 1 is 1.16 bits per heavy atom. The standard InChI is InChI=1S/C20H24N2O3/c1-24-18-9-12(10-21)2-3-17(18)25-11-19(23)22-20-15-5-13-4-14(7-15)8-16(20)6-13/h2-3,9,13-16,20H,4-8,11H2,1H3,(H,22,23). The van der Waals surface area contributed by atoms with Crippen molar-refractivity contribution in [2.45, 2.75) is 38.1 Å². The van der Waals surface area contributed by atoms with E-state index in [4.69, 9.17) is 14.7 Å². The summed E-state index contributed by atoms with van der Waals surface area (Å²) >= 11 is 0. The van der Waals surface area contributed by atoms with Crippen molar-refractivity contribution in [3.63, 3.8) is 0 Å². The molecule has 0 heterocycles. The van der Waals surface area contributed by atoms with Gasteiger partial charge in [0.1, 0.15) is 0 Å². The van der Waals surface area contributed by atoms with Crippen LogP contribution in [-0.2, 0) is 4.79 Å². The number of hydrogen-bond donors (Lipinski definition) is 1. The molecule has 4 bridgehead atoms. The first-order chi connectivity index (χ1) is 12.2. The molecular formula is C20H24N2O3. The zero-order valence-electron chi connectivity index (χ0n) is 14.5. The van der Waals surface area contributed by atoms with E-state index in [1.807, 2.05) is 0 Å². The number of ether oxygens (including phenoxy) is 2. The van der Waals surface area contributed by atoms with Crippen molar-refractivity contribution < 1.29 is 14.3 Å². The number of carbonyl (C=O) groups excluding carboxylic acids is 1. The Labute approximate surface area is 148 Å². The van der Waals surface area contributed by atoms with Crippen LogP contribution in [0.15, 0.2) is 18.2 Å². The minimum atomic E-state index is -0.0658. The fraction of sp³-hybridized carbons (Fsp3) is 0.600. The maximum absolute atomic E-state index is 12.4. The number of amides is 1. The Bertz CT molecular complexity index is 681. The number of hydrogen-bond acceptors (Lipinski definition) is 4. The highest BCUT2D eigenvalue weighted by atomic mass is 16.5. The largest absolute Gasteiger partial charge is 0.493 e. The quantitative estimate of drug-likeness (QED) is 0.895. The normalized spacial score (nSPS) is 32.1. The number of nitriles is 1. The molecule has 4 aliphatic carbocycles. The lowest BCUT2D eigenvalue weighted by molar-refractivity contribution is -0.127. The average Bonchev–Trinajstić information content (AvgIpc) is 2.62. The van der Waals surface area contributed by atoms with Crippen molar-refractivity contribution in [1.29, 1.82) is 5.26 Å². The lowest BCUT2D eigenvalue weighted by atomic mass is 9.54. The highest BCUT2D eigenvalue weighted by molar-refractivity contribution is 5.78. The van der Waals surface area contributed by atoms with E-state index in [9.17, 15) is 4.79 Å². The Balaban J connectivity index is 1.35. The van der Waals surface area contributed by atoms with Crippen molar-refractivity contribution >= 4 is 5.91 Å². The Morgan fingerprint density at radius 2 is 1.84 bits per heavy atom. The number of benzene rings is 1. The zero-order chi connectivity index (χ0) is 17.4. The Kier molecular flexibility index (Phi) is 4.29. The van der Waals surface area contributed by atoms with Gasteiger partial charge in [-0.25, -0.2) is 0 Å². The van der Waals surface area contributed by atoms with Crippen molar-refractivity contribution in [2.75, 3.05) is 13.7 Å². The van der Waals surface area contributed by atoms with Crippen LogP contribution in [0.1, 0.15) is 37.7 Å². The van der Waals surface area contributed by atoms with Gasteiger partial charge in [-0.1, -0.05) is 0 Å². The number of rotatable bonds is 5. The molecule has 1 amide bonds. The monoisotopic (exact) mass is 340 g/mol. The molecule has 25 heavy (non-hydrogen) atoms. The summed E-state index contributed by atoms with van der Waals surface area (Å²) in [4.78, 5) is 12.4. The van der Waals surface area contributed by atoms with Gasteiger partial charge in [-0.15, -0.1) is 0 Å². The summed E-state index contributed by atoms with van der Waals surface area (Å²) in [6, 6.07) is 7.34. The highest BCUT2D eigenvalue weighted by Crippen LogP contribution is 2.53. The second-order valence-electron chi connectivity index (χ2n) is 7.79. The van der Waals surface area contributed by atoms with Gasteiger partial charge >= 0.3 is 0 Å². The molecule has 5 heteroatoms. The SMILES string of the molecule is COc1cc(C#N)ccc1OCC(=O)NC1C2CC3CC(C2)CC1C3. The summed E-state index contributed by atoms with van der Waals surface area (Å²) < 4.78 is 10.9. The van der Waals surface area contributed by atoms with E-state index in [2.05, 4.69) is 11.4 Å². The first-order valence-corrected chi connectivity index (χ1v) is 9.16. The highest BCUT2D eigenvalue weighted by Gasteiger charge is 2.48. The van der Waals surface area contributed by atoms with E-state index >= 15 is 0 Å². The van der Waals surface area contributed by atoms with Crippen LogP contribution in [0.2, 0.25) is 0 Å². The van der Waals surface area contributed by atoms with E-state index in [1.165, 1.54) is 39.2 Å². The zero-order valence-corrected chi connectivity index (χ0v) is 14.5. The van der Waals surface area contributed by atoms with E-state index in [0.717, 1.165) is 11.8 Å². The molecule has 4 fully saturated rings. The van der Waals surface area contributed by atoms with Gasteiger partial charge in [0, 0.05) is 12.1 Å². The van der Waals surface area contributed by atoms with Crippen LogP contribution in [0, 0.1) is 35.0 Å². The smallest absolute Gasteiger partial charge is 0.258 e. The van der Waals surface area contributed by atoms with E-state index in [0.29, 0.717) is 34.9 Å². The van der Waals surface area contributed by atoms with E-state index in [-0.39, 0.29) is 12.5 Å². The van der Waals surface area contributed by atoms with Crippen LogP contribution < -0.4 is 14.8 Å². The van der Waals surface area contributed by atoms with Crippen LogP contribution in [0.3, 0.4) is 0 Å². The lowest BCUT2D eigenvalue weighted by Crippen LogP contribution is -2.56. The molecule has 0 aromatic heterocycles. The van der Waals surface area contributed by atoms with Crippen LogP contribution in [-0.4, -0.2) is 25.7 Å². The third kappa shape index (κ3) is 3.18. The van der Waals surface area contributed by atoms with Gasteiger partial charge < -0.3 is 14.8 Å². The molecule has 0 unspecified atom stereocenters. The first kappa shape index (κ1) is 16.3. The van der Waals surface area contributed by atoms with E-state index < -0.39 is 0 Å². The third-order valence-corrected chi connectivity index (χ3v) is 6.21. The van der Waals surface area contributed by atoms with Gasteiger partial charge in [0.05, 0.1) is 18.7 Å². The van der Waals surface area contributed by atoms with Crippen molar-refractivity contribution in [3.05, 3.63) is 23.8 Å². The van der Waals surface area contributed by atoms with Crippen LogP contribution in [0.25, 0.3) is 0 Å². The summed E-state index contributed by atoms with van der Waals surface area (Å²) in [5, 5.41) is 12.2. The Hall–Kier alpha value is -2.22. The summed E-state index contributed by atoms with van der Waals surface area (Å²) in [5.41, 5.74) is 0.502. The van der Waals surface area contributed by atoms with Gasteiger partial charge in [0.2, 0.25) is 0 Å². The fourth-order valence-electron chi connectivity index (χ4n) is 5.39. The molecule has 0 radical (unpaired) electrons. The summed E-state index contributed by atoms with van der Waals surface area (Å²) in [6.07, 6.45) is 6.53. The molecule has 5 rings (SSSR count). The van der Waals surface area contributed by atoms with E-state index in [1.54, 1.807) is 18.2 Å². The third-order valence-electron chi connectivity index (χ3n) is 6.21. The number of nitrogens with zero attached hydrogens (tertiary/aromatic N) is 1. The molecule has 0 spiro atoms. The predicted molar refractivity (Wildman–Crippen MR) is 92.2 cm³/mol. The fourth-order valence-corrected chi connectivity index (χ4v) is 5.39. The minimum absolute atomic E-state index is 0.0228. The second kappa shape index (κ2) is 6.59. The number of nitrogens with one attached hydrogen (secondary N) is 1. The molecular weight excluding hydrogens is 316 g/mol. The van der Waals surface area contributed by atoms with Crippen molar-refractivity contribution in [2.24, 2.45) is 23.7 Å². The minimum Gasteiger partial charge on any atom is -0.493 e. The summed E-state index contributed by atoms with van der Waals surface area (Å²) in [6.45, 7) is -0.0228. The maximum Gasteiger partial charge on any atom is 0.258 e. The Morgan fingerprint density at radius 3 is 2.44 bits per heavy atom. The molecule has 0 saturated heterocycles. The average molecular weight is 340 g/mol. The molecule has 132 valence electrons. The number of methoxy groups -OCH3 is 1. The lowest BCUT2D eigenvalue weighted by Gasteiger charge is -2.54. The van der Waals surface area contributed by atoms with Crippen molar-refractivity contribution in [3.8, 4) is 17.6 Å². The van der Waals surface area contributed by atoms with Crippen molar-refractivity contribution in [1.82, 2.24) is 5.32 Å². The van der Waals surface area contributed by atoms with Gasteiger partial charge in [-0.3, -0.25) is 4.79 Å². The molecule has 0 aliphatic heterocycles. The molecule has 0 atom stereocenters. The van der Waals surface area contributed by atoms with Crippen LogP contribution >= 0.6 is 0 Å². The molecule has 5 nitrogen and oxygen atoms in total. The van der Waals surface area contributed by atoms with Gasteiger partial charge in [-0.2, -0.15) is 5.26 Å². The molecule has 1 aromatic rings. The second-order valence-corrected chi connectivity index (χ2v) is 7.79. The molecule has 1 aromatic carbocycles. The molecule has 4 saturated carbocycles. The van der Waals surface area contributed by atoms with Gasteiger partial charge in [-0.05, 0) is 67.9 Å². The van der Waals surface area contributed by atoms with Crippen LogP contribution in [0.5, 0.6) is 11.5 Å². The van der Waals surface area contributed by atoms with Gasteiger partial charge in [0.15, 0.2) is 18.1 Å². The molecule has 1 N–H and O–H groups in total. The number of carbonyl (C=O) groups is 1. The first-order valence-electron chi connectivity index (χ1n) is 9.16. The topological polar surface area (TPSA) is 71.3 Å².